The van der Waals surface area contributed by atoms with Gasteiger partial charge in [-0.25, -0.2) is 0 Å². The van der Waals surface area contributed by atoms with Crippen LogP contribution in [-0.2, 0) is 9.59 Å². The molecule has 0 aromatic heterocycles. The van der Waals surface area contributed by atoms with Gasteiger partial charge < -0.3 is 5.11 Å². The number of ketones is 1. The minimum absolute atomic E-state index is 0.0567. The molecule has 0 saturated heterocycles. The monoisotopic (exact) mass is 178 g/mol. The summed E-state index contributed by atoms with van der Waals surface area (Å²) in [6.07, 6.45) is 6.23. The molecule has 2 aliphatic carbocycles. The van der Waals surface area contributed by atoms with E-state index in [1.807, 2.05) is 0 Å². The Morgan fingerprint density at radius 2 is 2.23 bits per heavy atom. The molecule has 2 unspecified atom stereocenters. The van der Waals surface area contributed by atoms with E-state index in [0.717, 1.165) is 5.57 Å². The van der Waals surface area contributed by atoms with Crippen LogP contribution in [0.1, 0.15) is 12.8 Å². The molecule has 1 fully saturated rings. The molecule has 0 spiro atoms. The summed E-state index contributed by atoms with van der Waals surface area (Å²) in [5, 5.41) is 8.86. The van der Waals surface area contributed by atoms with Gasteiger partial charge in [0, 0.05) is 5.92 Å². The van der Waals surface area contributed by atoms with E-state index in [-0.39, 0.29) is 11.7 Å². The van der Waals surface area contributed by atoms with E-state index in [2.05, 4.69) is 0 Å². The lowest BCUT2D eigenvalue weighted by atomic mass is 9.90. The standard InChI is InChI=1S/C10H10O3/c11-9-3-1-2-6-7(9)4-5-8(6)10(12)13/h1-3,7-8H,4-5H2,(H,12,13). The third-order valence-corrected chi connectivity index (χ3v) is 2.74. The molecular formula is C10H10O3. The van der Waals surface area contributed by atoms with Gasteiger partial charge in [-0.1, -0.05) is 12.2 Å². The molecule has 2 atom stereocenters. The van der Waals surface area contributed by atoms with Crippen LogP contribution < -0.4 is 0 Å². The summed E-state index contributed by atoms with van der Waals surface area (Å²) in [4.78, 5) is 22.1. The van der Waals surface area contributed by atoms with E-state index in [9.17, 15) is 9.59 Å². The molecule has 0 aromatic rings. The molecule has 3 nitrogen and oxygen atoms in total. The molecule has 0 amide bonds. The number of fused-ring (bicyclic) bond motifs is 1. The Morgan fingerprint density at radius 1 is 1.46 bits per heavy atom. The van der Waals surface area contributed by atoms with Crippen molar-refractivity contribution in [2.45, 2.75) is 12.8 Å². The van der Waals surface area contributed by atoms with Gasteiger partial charge in [0.25, 0.3) is 0 Å². The fraction of sp³-hybridized carbons (Fsp3) is 0.400. The normalized spacial score (nSPS) is 31.4. The van der Waals surface area contributed by atoms with E-state index in [0.29, 0.717) is 12.8 Å². The molecule has 1 N–H and O–H groups in total. The third kappa shape index (κ3) is 1.20. The quantitative estimate of drug-likeness (QED) is 0.655. The zero-order valence-corrected chi connectivity index (χ0v) is 7.06. The highest BCUT2D eigenvalue weighted by atomic mass is 16.4. The molecule has 0 radical (unpaired) electrons. The van der Waals surface area contributed by atoms with Crippen molar-refractivity contribution in [2.75, 3.05) is 0 Å². The summed E-state index contributed by atoms with van der Waals surface area (Å²) in [5.41, 5.74) is 0.792. The lowest BCUT2D eigenvalue weighted by molar-refractivity contribution is -0.140. The van der Waals surface area contributed by atoms with Gasteiger partial charge in [-0.15, -0.1) is 0 Å². The van der Waals surface area contributed by atoms with E-state index in [1.165, 1.54) is 6.08 Å². The highest BCUT2D eigenvalue weighted by Crippen LogP contribution is 2.38. The molecule has 2 aliphatic rings. The molecule has 1 saturated carbocycles. The first kappa shape index (κ1) is 8.23. The molecule has 2 rings (SSSR count). The number of carbonyl (C=O) groups excluding carboxylic acids is 1. The second kappa shape index (κ2) is 2.83. The topological polar surface area (TPSA) is 54.4 Å². The van der Waals surface area contributed by atoms with Crippen molar-refractivity contribution in [3.05, 3.63) is 23.8 Å². The van der Waals surface area contributed by atoms with Crippen LogP contribution in [0, 0.1) is 11.8 Å². The molecule has 0 heterocycles. The zero-order chi connectivity index (χ0) is 9.42. The van der Waals surface area contributed by atoms with Crippen molar-refractivity contribution in [2.24, 2.45) is 11.8 Å². The van der Waals surface area contributed by atoms with Crippen molar-refractivity contribution in [3.63, 3.8) is 0 Å². The van der Waals surface area contributed by atoms with Crippen molar-refractivity contribution >= 4 is 11.8 Å². The van der Waals surface area contributed by atoms with Gasteiger partial charge in [-0.2, -0.15) is 0 Å². The Labute approximate surface area is 75.8 Å². The molecule has 0 aliphatic heterocycles. The Morgan fingerprint density at radius 3 is 2.92 bits per heavy atom. The van der Waals surface area contributed by atoms with Gasteiger partial charge in [0.1, 0.15) is 0 Å². The van der Waals surface area contributed by atoms with Gasteiger partial charge in [0.2, 0.25) is 0 Å². The minimum Gasteiger partial charge on any atom is -0.481 e. The number of rotatable bonds is 1. The van der Waals surface area contributed by atoms with Crippen molar-refractivity contribution in [3.8, 4) is 0 Å². The SMILES string of the molecule is O=C(O)C1CCC2C(=O)C=CC=C12. The number of carboxylic acids is 1. The minimum atomic E-state index is -0.808. The average molecular weight is 178 g/mol. The first-order valence-electron chi connectivity index (χ1n) is 4.35. The first-order valence-corrected chi connectivity index (χ1v) is 4.35. The summed E-state index contributed by atoms with van der Waals surface area (Å²) in [6, 6.07) is 0. The zero-order valence-electron chi connectivity index (χ0n) is 7.06. The van der Waals surface area contributed by atoms with E-state index in [4.69, 9.17) is 5.11 Å². The predicted octanol–water partition coefficient (Wildman–Crippen LogP) is 1.16. The highest BCUT2D eigenvalue weighted by molar-refractivity contribution is 5.97. The predicted molar refractivity (Wildman–Crippen MR) is 46.1 cm³/mol. The van der Waals surface area contributed by atoms with Crippen molar-refractivity contribution < 1.29 is 14.7 Å². The van der Waals surface area contributed by atoms with Crippen LogP contribution in [0.5, 0.6) is 0 Å². The summed E-state index contributed by atoms with van der Waals surface area (Å²) >= 11 is 0. The van der Waals surface area contributed by atoms with Crippen LogP contribution in [0.15, 0.2) is 23.8 Å². The van der Waals surface area contributed by atoms with E-state index < -0.39 is 11.9 Å². The maximum Gasteiger partial charge on any atom is 0.310 e. The summed E-state index contributed by atoms with van der Waals surface area (Å²) in [7, 11) is 0. The number of hydrogen-bond donors (Lipinski definition) is 1. The van der Waals surface area contributed by atoms with Gasteiger partial charge in [0.05, 0.1) is 5.92 Å². The molecule has 13 heavy (non-hydrogen) atoms. The second-order valence-corrected chi connectivity index (χ2v) is 3.45. The van der Waals surface area contributed by atoms with Crippen LogP contribution in [0.2, 0.25) is 0 Å². The fourth-order valence-electron chi connectivity index (χ4n) is 2.08. The van der Waals surface area contributed by atoms with E-state index >= 15 is 0 Å². The Kier molecular flexibility index (Phi) is 1.79. The Bertz CT molecular complexity index is 325. The Balaban J connectivity index is 2.32. The summed E-state index contributed by atoms with van der Waals surface area (Å²) in [6.45, 7) is 0. The molecule has 0 bridgehead atoms. The lowest BCUT2D eigenvalue weighted by Gasteiger charge is -2.13. The molecule has 3 heteroatoms. The smallest absolute Gasteiger partial charge is 0.310 e. The van der Waals surface area contributed by atoms with Gasteiger partial charge in [-0.3, -0.25) is 9.59 Å². The van der Waals surface area contributed by atoms with Gasteiger partial charge >= 0.3 is 5.97 Å². The van der Waals surface area contributed by atoms with Crippen molar-refractivity contribution in [1.82, 2.24) is 0 Å². The molecule has 68 valence electrons. The van der Waals surface area contributed by atoms with Crippen LogP contribution in [0.4, 0.5) is 0 Å². The average Bonchev–Trinajstić information content (AvgIpc) is 2.48. The molecular weight excluding hydrogens is 168 g/mol. The van der Waals surface area contributed by atoms with Gasteiger partial charge in [0.15, 0.2) is 5.78 Å². The van der Waals surface area contributed by atoms with Crippen molar-refractivity contribution in [1.29, 1.82) is 0 Å². The second-order valence-electron chi connectivity index (χ2n) is 3.45. The molecule has 0 aromatic carbocycles. The third-order valence-electron chi connectivity index (χ3n) is 2.74. The highest BCUT2D eigenvalue weighted by Gasteiger charge is 2.38. The van der Waals surface area contributed by atoms with Crippen LogP contribution in [0.25, 0.3) is 0 Å². The maximum atomic E-state index is 11.3. The largest absolute Gasteiger partial charge is 0.481 e. The van der Waals surface area contributed by atoms with Crippen LogP contribution in [-0.4, -0.2) is 16.9 Å². The number of allylic oxidation sites excluding steroid dienone is 3. The van der Waals surface area contributed by atoms with Crippen LogP contribution >= 0.6 is 0 Å². The van der Waals surface area contributed by atoms with Gasteiger partial charge in [-0.05, 0) is 24.5 Å². The number of carboxylic acid groups (broad SMARTS) is 1. The maximum absolute atomic E-state index is 11.3. The first-order chi connectivity index (χ1) is 6.20. The Hall–Kier alpha value is -1.38. The summed E-state index contributed by atoms with van der Waals surface area (Å²) in [5.74, 6) is -1.33. The number of aliphatic carboxylic acids is 1. The summed E-state index contributed by atoms with van der Waals surface area (Å²) < 4.78 is 0. The fourth-order valence-corrected chi connectivity index (χ4v) is 2.08. The van der Waals surface area contributed by atoms with Crippen LogP contribution in [0.3, 0.4) is 0 Å². The lowest BCUT2D eigenvalue weighted by Crippen LogP contribution is -2.18. The van der Waals surface area contributed by atoms with E-state index in [1.54, 1.807) is 12.2 Å². The number of hydrogen-bond acceptors (Lipinski definition) is 2. The number of carbonyl (C=O) groups is 2.